The first-order chi connectivity index (χ1) is 8.94. The maximum absolute atomic E-state index is 11.8. The Kier molecular flexibility index (Phi) is 6.38. The molecule has 4 heteroatoms. The van der Waals surface area contributed by atoms with Gasteiger partial charge in [-0.25, -0.2) is 0 Å². The summed E-state index contributed by atoms with van der Waals surface area (Å²) in [7, 11) is 0. The monoisotopic (exact) mass is 280 g/mol. The summed E-state index contributed by atoms with van der Waals surface area (Å²) in [5, 5.41) is 2.97. The van der Waals surface area contributed by atoms with Gasteiger partial charge in [0.05, 0.1) is 0 Å². The molecule has 106 valence electrons. The highest BCUT2D eigenvalue weighted by atomic mass is 32.2. The number of hydrogen-bond donors (Lipinski definition) is 2. The molecular formula is C15H24N2OS. The zero-order valence-electron chi connectivity index (χ0n) is 12.0. The van der Waals surface area contributed by atoms with Crippen LogP contribution in [0.25, 0.3) is 0 Å². The average molecular weight is 280 g/mol. The topological polar surface area (TPSA) is 55.1 Å². The van der Waals surface area contributed by atoms with Crippen molar-refractivity contribution in [2.45, 2.75) is 37.5 Å². The Hall–Kier alpha value is -1.00. The fourth-order valence-corrected chi connectivity index (χ4v) is 1.84. The van der Waals surface area contributed by atoms with Gasteiger partial charge in [0.15, 0.2) is 0 Å². The molecule has 0 radical (unpaired) electrons. The van der Waals surface area contributed by atoms with Crippen molar-refractivity contribution >= 4 is 17.7 Å². The lowest BCUT2D eigenvalue weighted by Gasteiger charge is -2.22. The number of nitrogens with two attached hydrogens (primary N) is 1. The van der Waals surface area contributed by atoms with E-state index in [0.29, 0.717) is 19.4 Å². The molecule has 1 aromatic carbocycles. The molecule has 0 saturated heterocycles. The Morgan fingerprint density at radius 3 is 2.58 bits per heavy atom. The Morgan fingerprint density at radius 2 is 2.00 bits per heavy atom. The van der Waals surface area contributed by atoms with E-state index in [1.54, 1.807) is 11.8 Å². The molecule has 1 rings (SSSR count). The molecule has 1 aromatic rings. The van der Waals surface area contributed by atoms with Gasteiger partial charge in [-0.2, -0.15) is 11.8 Å². The number of amides is 1. The number of rotatable bonds is 7. The number of carbonyl (C=O) groups excluding carboxylic acids is 1. The minimum atomic E-state index is -0.0690. The highest BCUT2D eigenvalue weighted by Gasteiger charge is 2.17. The number of nitrogens with one attached hydrogen (secondary N) is 1. The maximum atomic E-state index is 11.8. The third-order valence-electron chi connectivity index (χ3n) is 3.17. The highest BCUT2D eigenvalue weighted by Crippen LogP contribution is 2.20. The van der Waals surface area contributed by atoms with Crippen molar-refractivity contribution in [2.75, 3.05) is 12.8 Å². The van der Waals surface area contributed by atoms with Gasteiger partial charge in [0.1, 0.15) is 0 Å². The number of benzene rings is 1. The molecular weight excluding hydrogens is 256 g/mol. The van der Waals surface area contributed by atoms with Crippen LogP contribution in [0.2, 0.25) is 0 Å². The van der Waals surface area contributed by atoms with Crippen molar-refractivity contribution in [3.05, 3.63) is 35.9 Å². The van der Waals surface area contributed by atoms with Crippen molar-refractivity contribution in [1.29, 1.82) is 0 Å². The minimum Gasteiger partial charge on any atom is -0.355 e. The molecule has 0 fully saturated rings. The van der Waals surface area contributed by atoms with Crippen LogP contribution in [-0.4, -0.2) is 23.5 Å². The number of carbonyl (C=O) groups is 1. The molecule has 0 heterocycles. The third-order valence-corrected chi connectivity index (χ3v) is 4.42. The van der Waals surface area contributed by atoms with Crippen LogP contribution >= 0.6 is 11.8 Å². The first-order valence-electron chi connectivity index (χ1n) is 6.57. The SMILES string of the molecule is CSC(C)(C)CNC(=O)CCC(N)c1ccccc1. The van der Waals surface area contributed by atoms with E-state index in [1.807, 2.05) is 30.3 Å². The third kappa shape index (κ3) is 6.12. The van der Waals surface area contributed by atoms with Gasteiger partial charge in [0.25, 0.3) is 0 Å². The number of hydrogen-bond acceptors (Lipinski definition) is 3. The lowest BCUT2D eigenvalue weighted by molar-refractivity contribution is -0.121. The lowest BCUT2D eigenvalue weighted by atomic mass is 10.0. The summed E-state index contributed by atoms with van der Waals surface area (Å²) in [6.45, 7) is 4.93. The Bertz CT molecular complexity index is 392. The standard InChI is InChI=1S/C15H24N2OS/c1-15(2,19-3)11-17-14(18)10-9-13(16)12-7-5-4-6-8-12/h4-8,13H,9-11,16H2,1-3H3,(H,17,18). The van der Waals surface area contributed by atoms with E-state index in [-0.39, 0.29) is 16.7 Å². The van der Waals surface area contributed by atoms with E-state index in [0.717, 1.165) is 5.56 Å². The molecule has 0 spiro atoms. The quantitative estimate of drug-likeness (QED) is 0.807. The van der Waals surface area contributed by atoms with Crippen molar-refractivity contribution in [3.63, 3.8) is 0 Å². The van der Waals surface area contributed by atoms with Gasteiger partial charge in [0.2, 0.25) is 5.91 Å². The summed E-state index contributed by atoms with van der Waals surface area (Å²) in [5.74, 6) is 0.0773. The van der Waals surface area contributed by atoms with Crippen molar-refractivity contribution in [1.82, 2.24) is 5.32 Å². The van der Waals surface area contributed by atoms with E-state index >= 15 is 0 Å². The zero-order valence-corrected chi connectivity index (χ0v) is 12.8. The second-order valence-corrected chi connectivity index (χ2v) is 6.81. The fourth-order valence-electron chi connectivity index (χ4n) is 1.63. The molecule has 0 aliphatic heterocycles. The van der Waals surface area contributed by atoms with Crippen LogP contribution in [-0.2, 0) is 4.79 Å². The molecule has 0 aliphatic rings. The first-order valence-corrected chi connectivity index (χ1v) is 7.79. The molecule has 1 amide bonds. The van der Waals surface area contributed by atoms with E-state index in [4.69, 9.17) is 5.73 Å². The largest absolute Gasteiger partial charge is 0.355 e. The first kappa shape index (κ1) is 16.1. The minimum absolute atomic E-state index is 0.0690. The summed E-state index contributed by atoms with van der Waals surface area (Å²) >= 11 is 1.75. The highest BCUT2D eigenvalue weighted by molar-refractivity contribution is 7.99. The normalized spacial score (nSPS) is 13.1. The van der Waals surface area contributed by atoms with E-state index in [2.05, 4.69) is 25.4 Å². The summed E-state index contributed by atoms with van der Waals surface area (Å²) in [6, 6.07) is 9.83. The van der Waals surface area contributed by atoms with Crippen molar-refractivity contribution in [3.8, 4) is 0 Å². The smallest absolute Gasteiger partial charge is 0.220 e. The van der Waals surface area contributed by atoms with Crippen LogP contribution in [0.4, 0.5) is 0 Å². The molecule has 0 aromatic heterocycles. The van der Waals surface area contributed by atoms with Crippen LogP contribution in [0.3, 0.4) is 0 Å². The zero-order chi connectivity index (χ0) is 14.3. The van der Waals surface area contributed by atoms with Crippen molar-refractivity contribution in [2.24, 2.45) is 5.73 Å². The summed E-state index contributed by atoms with van der Waals surface area (Å²) in [6.07, 6.45) is 3.20. The van der Waals surface area contributed by atoms with Gasteiger partial charge in [-0.1, -0.05) is 30.3 Å². The van der Waals surface area contributed by atoms with Crippen LogP contribution in [0.5, 0.6) is 0 Å². The molecule has 3 nitrogen and oxygen atoms in total. The molecule has 1 atom stereocenters. The van der Waals surface area contributed by atoms with Crippen molar-refractivity contribution < 1.29 is 4.79 Å². The second-order valence-electron chi connectivity index (χ2n) is 5.30. The van der Waals surface area contributed by atoms with Gasteiger partial charge in [-0.15, -0.1) is 0 Å². The Morgan fingerprint density at radius 1 is 1.37 bits per heavy atom. The van der Waals surface area contributed by atoms with Gasteiger partial charge < -0.3 is 11.1 Å². The van der Waals surface area contributed by atoms with Crippen LogP contribution < -0.4 is 11.1 Å². The summed E-state index contributed by atoms with van der Waals surface area (Å²) < 4.78 is 0.0806. The van der Waals surface area contributed by atoms with Crippen LogP contribution in [0.15, 0.2) is 30.3 Å². The van der Waals surface area contributed by atoms with Gasteiger partial charge in [-0.05, 0) is 32.1 Å². The predicted molar refractivity (Wildman–Crippen MR) is 83.2 cm³/mol. The predicted octanol–water partition coefficient (Wildman–Crippen LogP) is 2.72. The average Bonchev–Trinajstić information content (AvgIpc) is 2.43. The van der Waals surface area contributed by atoms with Gasteiger partial charge in [-0.3, -0.25) is 4.79 Å². The van der Waals surface area contributed by atoms with E-state index in [9.17, 15) is 4.79 Å². The fraction of sp³-hybridized carbons (Fsp3) is 0.533. The molecule has 3 N–H and O–H groups in total. The summed E-state index contributed by atoms with van der Waals surface area (Å²) in [4.78, 5) is 11.8. The lowest BCUT2D eigenvalue weighted by Crippen LogP contribution is -2.36. The Labute approximate surface area is 120 Å². The summed E-state index contributed by atoms with van der Waals surface area (Å²) in [5.41, 5.74) is 7.15. The molecule has 1 unspecified atom stereocenters. The maximum Gasteiger partial charge on any atom is 0.220 e. The molecule has 0 bridgehead atoms. The van der Waals surface area contributed by atoms with Crippen LogP contribution in [0, 0.1) is 0 Å². The van der Waals surface area contributed by atoms with E-state index in [1.165, 1.54) is 0 Å². The van der Waals surface area contributed by atoms with Gasteiger partial charge in [0, 0.05) is 23.8 Å². The number of thioether (sulfide) groups is 1. The second kappa shape index (κ2) is 7.56. The molecule has 19 heavy (non-hydrogen) atoms. The molecule has 0 saturated carbocycles. The van der Waals surface area contributed by atoms with E-state index < -0.39 is 0 Å². The molecule has 0 aliphatic carbocycles. The van der Waals surface area contributed by atoms with Gasteiger partial charge >= 0.3 is 0 Å². The van der Waals surface area contributed by atoms with Crippen LogP contribution in [0.1, 0.15) is 38.3 Å². The Balaban J connectivity index is 2.31.